The first-order chi connectivity index (χ1) is 5.49. The van der Waals surface area contributed by atoms with E-state index in [-0.39, 0.29) is 0 Å². The van der Waals surface area contributed by atoms with Crippen LogP contribution in [0, 0.1) is 0 Å². The van der Waals surface area contributed by atoms with Crippen LogP contribution in [0.15, 0.2) is 0 Å². The molecule has 0 aliphatic heterocycles. The van der Waals surface area contributed by atoms with Crippen molar-refractivity contribution in [2.24, 2.45) is 0 Å². The lowest BCUT2D eigenvalue weighted by Gasteiger charge is -2.20. The van der Waals surface area contributed by atoms with Gasteiger partial charge in [0.15, 0.2) is 8.32 Å². The Hall–Kier alpha value is 0.447. The minimum Gasteiger partial charge on any atom is -0.351 e. The molecule has 0 aromatic carbocycles. The van der Waals surface area contributed by atoms with Crippen molar-refractivity contribution < 1.29 is 23.3 Å². The summed E-state index contributed by atoms with van der Waals surface area (Å²) in [6.45, 7) is 6.04. The molecule has 0 amide bonds. The summed E-state index contributed by atoms with van der Waals surface area (Å²) >= 11 is 0. The second-order valence-electron chi connectivity index (χ2n) is 2.91. The maximum atomic E-state index is 5.43. The topological polar surface area (TPSA) is 46.2 Å². The third-order valence-corrected chi connectivity index (χ3v) is 3.95. The van der Waals surface area contributed by atoms with Crippen LogP contribution in [0.5, 0.6) is 0 Å². The van der Waals surface area contributed by atoms with E-state index in [0.29, 0.717) is 0 Å². The van der Waals surface area contributed by atoms with E-state index in [2.05, 4.69) is 19.1 Å². The molecule has 12 heavy (non-hydrogen) atoms. The Morgan fingerprint density at radius 2 is 1.33 bits per heavy atom. The number of hydrogen-bond acceptors (Lipinski definition) is 5. The van der Waals surface area contributed by atoms with Crippen LogP contribution in [0.4, 0.5) is 0 Å². The first-order valence-electron chi connectivity index (χ1n) is 3.40. The molecule has 0 rings (SSSR count). The van der Waals surface area contributed by atoms with Crippen molar-refractivity contribution in [2.45, 2.75) is 19.6 Å². The van der Waals surface area contributed by atoms with Gasteiger partial charge in [0.25, 0.3) is 0 Å². The average Bonchev–Trinajstić information content (AvgIpc) is 1.84. The van der Waals surface area contributed by atoms with Crippen LogP contribution in [0.3, 0.4) is 0 Å². The van der Waals surface area contributed by atoms with Crippen LogP contribution >= 0.6 is 8.60 Å². The highest BCUT2D eigenvalue weighted by atomic mass is 31.2. The molecule has 0 bridgehead atoms. The first-order valence-corrected chi connectivity index (χ1v) is 7.91. The normalized spacial score (nSPS) is 12.5. The fraction of sp³-hybridized carbons (Fsp3) is 1.00. The maximum absolute atomic E-state index is 5.43. The van der Waals surface area contributed by atoms with E-state index in [9.17, 15) is 0 Å². The second-order valence-corrected chi connectivity index (χ2v) is 8.61. The van der Waals surface area contributed by atoms with Gasteiger partial charge in [-0.15, -0.1) is 0 Å². The lowest BCUT2D eigenvalue weighted by molar-refractivity contribution is -0.241. The highest BCUT2D eigenvalue weighted by Crippen LogP contribution is 2.42. The smallest absolute Gasteiger partial charge is 0.351 e. The van der Waals surface area contributed by atoms with Gasteiger partial charge in [0.1, 0.15) is 0 Å². The van der Waals surface area contributed by atoms with Crippen molar-refractivity contribution in [3.8, 4) is 0 Å². The quantitative estimate of drug-likeness (QED) is 0.293. The van der Waals surface area contributed by atoms with Crippen molar-refractivity contribution in [3.05, 3.63) is 0 Å². The van der Waals surface area contributed by atoms with E-state index in [4.69, 9.17) is 4.21 Å². The van der Waals surface area contributed by atoms with Crippen LogP contribution in [-0.4, -0.2) is 22.5 Å². The van der Waals surface area contributed by atoms with E-state index in [1.807, 2.05) is 19.6 Å². The highest BCUT2D eigenvalue weighted by Gasteiger charge is 2.25. The Bertz CT molecular complexity index is 111. The molecule has 0 spiro atoms. The van der Waals surface area contributed by atoms with E-state index in [1.165, 1.54) is 14.2 Å². The summed E-state index contributed by atoms with van der Waals surface area (Å²) in [5.41, 5.74) is 0. The molecule has 0 aromatic rings. The minimum absolute atomic E-state index is 1.39. The third kappa shape index (κ3) is 7.12. The summed E-state index contributed by atoms with van der Waals surface area (Å²) < 4.78 is 14.8. The van der Waals surface area contributed by atoms with Crippen molar-refractivity contribution in [3.63, 3.8) is 0 Å². The molecule has 0 saturated heterocycles. The van der Waals surface area contributed by atoms with Crippen LogP contribution in [0.1, 0.15) is 0 Å². The van der Waals surface area contributed by atoms with Gasteiger partial charge in [0.2, 0.25) is 0 Å². The van der Waals surface area contributed by atoms with Crippen molar-refractivity contribution in [1.29, 1.82) is 0 Å². The van der Waals surface area contributed by atoms with E-state index in [1.54, 1.807) is 0 Å². The Morgan fingerprint density at radius 3 is 1.58 bits per heavy atom. The Morgan fingerprint density at radius 1 is 0.917 bits per heavy atom. The molecule has 0 saturated carbocycles. The SMILES string of the molecule is COOP(OOC)O[Si](C)(C)C. The second kappa shape index (κ2) is 5.99. The summed E-state index contributed by atoms with van der Waals surface area (Å²) in [4.78, 5) is 8.85. The number of rotatable bonds is 6. The molecule has 5 nitrogen and oxygen atoms in total. The summed E-state index contributed by atoms with van der Waals surface area (Å²) in [7, 11) is -0.426. The van der Waals surface area contributed by atoms with Crippen LogP contribution in [-0.2, 0) is 23.3 Å². The molecule has 74 valence electrons. The third-order valence-electron chi connectivity index (χ3n) is 0.619. The van der Waals surface area contributed by atoms with Gasteiger partial charge >= 0.3 is 8.60 Å². The largest absolute Gasteiger partial charge is 0.381 e. The molecule has 0 unspecified atom stereocenters. The van der Waals surface area contributed by atoms with E-state index < -0.39 is 16.9 Å². The molecule has 0 atom stereocenters. The lowest BCUT2D eigenvalue weighted by atomic mass is 11.8. The van der Waals surface area contributed by atoms with Gasteiger partial charge in [-0.1, -0.05) is 0 Å². The zero-order chi connectivity index (χ0) is 9.61. The molecule has 0 N–H and O–H groups in total. The zero-order valence-electron chi connectivity index (χ0n) is 7.99. The Labute approximate surface area is 74.9 Å². The first kappa shape index (κ1) is 12.4. The molecular formula is C5H15O5PSi. The molecule has 0 heterocycles. The van der Waals surface area contributed by atoms with E-state index in [0.717, 1.165) is 0 Å². The molecule has 0 aliphatic carbocycles. The fourth-order valence-electron chi connectivity index (χ4n) is 0.388. The lowest BCUT2D eigenvalue weighted by Crippen LogP contribution is -2.23. The van der Waals surface area contributed by atoms with Gasteiger partial charge in [-0.3, -0.25) is 0 Å². The predicted molar refractivity (Wildman–Crippen MR) is 47.5 cm³/mol. The van der Waals surface area contributed by atoms with Crippen LogP contribution in [0.25, 0.3) is 0 Å². The average molecular weight is 214 g/mol. The van der Waals surface area contributed by atoms with Crippen LogP contribution in [0.2, 0.25) is 19.6 Å². The fourth-order valence-corrected chi connectivity index (χ4v) is 2.69. The van der Waals surface area contributed by atoms with Crippen molar-refractivity contribution >= 4 is 16.9 Å². The van der Waals surface area contributed by atoms with E-state index >= 15 is 0 Å². The van der Waals surface area contributed by atoms with Gasteiger partial charge < -0.3 is 4.21 Å². The van der Waals surface area contributed by atoms with Gasteiger partial charge in [0, 0.05) is 0 Å². The molecule has 0 aliphatic rings. The predicted octanol–water partition coefficient (Wildman–Crippen LogP) is 2.22. The Kier molecular flexibility index (Phi) is 6.21. The molecule has 0 aromatic heterocycles. The van der Waals surface area contributed by atoms with Gasteiger partial charge in [-0.25, -0.2) is 9.78 Å². The van der Waals surface area contributed by atoms with Gasteiger partial charge in [-0.2, -0.15) is 9.35 Å². The molecule has 0 fully saturated rings. The van der Waals surface area contributed by atoms with Gasteiger partial charge in [-0.05, 0) is 19.6 Å². The standard InChI is InChI=1S/C5H15O5PSi/c1-6-8-11(9-7-2)10-12(3,4)5/h1-5H3. The van der Waals surface area contributed by atoms with Crippen LogP contribution < -0.4 is 0 Å². The van der Waals surface area contributed by atoms with Crippen molar-refractivity contribution in [2.75, 3.05) is 14.2 Å². The summed E-state index contributed by atoms with van der Waals surface area (Å²) in [5, 5.41) is 0. The highest BCUT2D eigenvalue weighted by molar-refractivity contribution is 7.43. The minimum atomic E-state index is -1.68. The molecule has 0 radical (unpaired) electrons. The summed E-state index contributed by atoms with van der Waals surface area (Å²) in [6.07, 6.45) is 0. The maximum Gasteiger partial charge on any atom is 0.381 e. The molecule has 7 heteroatoms. The summed E-state index contributed by atoms with van der Waals surface area (Å²) in [5.74, 6) is 0. The monoisotopic (exact) mass is 214 g/mol. The van der Waals surface area contributed by atoms with Gasteiger partial charge in [0.05, 0.1) is 14.2 Å². The summed E-state index contributed by atoms with van der Waals surface area (Å²) in [6, 6.07) is 0. The Balaban J connectivity index is 3.77. The molecular weight excluding hydrogens is 199 g/mol. The zero-order valence-corrected chi connectivity index (χ0v) is 9.88. The van der Waals surface area contributed by atoms with Crippen molar-refractivity contribution in [1.82, 2.24) is 0 Å². The number of hydrogen-bond donors (Lipinski definition) is 0.